The Morgan fingerprint density at radius 2 is 2.12 bits per heavy atom. The third-order valence-corrected chi connectivity index (χ3v) is 4.32. The van der Waals surface area contributed by atoms with Gasteiger partial charge in [-0.3, -0.25) is 4.90 Å². The van der Waals surface area contributed by atoms with Crippen molar-refractivity contribution in [1.82, 2.24) is 14.9 Å². The summed E-state index contributed by atoms with van der Waals surface area (Å²) in [5.41, 5.74) is 0.775. The van der Waals surface area contributed by atoms with E-state index in [0.29, 0.717) is 24.5 Å². The summed E-state index contributed by atoms with van der Waals surface area (Å²) < 4.78 is 38.1. The Morgan fingerprint density at radius 1 is 1.33 bits per heavy atom. The van der Waals surface area contributed by atoms with Crippen LogP contribution in [-0.4, -0.2) is 28.0 Å². The zero-order chi connectivity index (χ0) is 17.2. The van der Waals surface area contributed by atoms with Crippen LogP contribution in [0.2, 0.25) is 0 Å². The van der Waals surface area contributed by atoms with Crippen LogP contribution in [0.5, 0.6) is 0 Å². The molecule has 0 amide bonds. The first kappa shape index (κ1) is 16.5. The number of nitriles is 1. The van der Waals surface area contributed by atoms with Crippen molar-refractivity contribution in [3.63, 3.8) is 0 Å². The van der Waals surface area contributed by atoms with E-state index in [9.17, 15) is 13.2 Å². The summed E-state index contributed by atoms with van der Waals surface area (Å²) in [4.78, 5) is 8.51. The highest BCUT2D eigenvalue weighted by Gasteiger charge is 2.34. The molecule has 1 atom stereocenters. The van der Waals surface area contributed by atoms with Crippen molar-refractivity contribution in [1.29, 1.82) is 5.26 Å². The first-order chi connectivity index (χ1) is 11.5. The van der Waals surface area contributed by atoms with Crippen molar-refractivity contribution in [3.05, 3.63) is 53.1 Å². The van der Waals surface area contributed by atoms with E-state index in [1.165, 1.54) is 0 Å². The van der Waals surface area contributed by atoms with E-state index >= 15 is 0 Å². The molecule has 0 aliphatic carbocycles. The molecule has 1 aromatic carbocycles. The summed E-state index contributed by atoms with van der Waals surface area (Å²) in [6.07, 6.45) is -1.84. The van der Waals surface area contributed by atoms with Crippen LogP contribution < -0.4 is 0 Å². The molecule has 3 rings (SSSR count). The van der Waals surface area contributed by atoms with Crippen LogP contribution in [0.3, 0.4) is 0 Å². The van der Waals surface area contributed by atoms with E-state index in [1.807, 2.05) is 18.2 Å². The van der Waals surface area contributed by atoms with E-state index < -0.39 is 11.9 Å². The first-order valence-electron chi connectivity index (χ1n) is 7.80. The third kappa shape index (κ3) is 3.60. The van der Waals surface area contributed by atoms with Crippen molar-refractivity contribution in [2.45, 2.75) is 31.5 Å². The van der Waals surface area contributed by atoms with E-state index in [1.54, 1.807) is 6.07 Å². The van der Waals surface area contributed by atoms with Crippen LogP contribution in [0.25, 0.3) is 0 Å². The lowest BCUT2D eigenvalue weighted by Crippen LogP contribution is -2.34. The molecule has 0 bridgehead atoms. The highest BCUT2D eigenvalue weighted by molar-refractivity contribution is 5.37. The molecule has 126 valence electrons. The molecule has 1 aromatic heterocycles. The van der Waals surface area contributed by atoms with Gasteiger partial charge in [0, 0.05) is 19.0 Å². The summed E-state index contributed by atoms with van der Waals surface area (Å²) in [5, 5.41) is 9.17. The molecular formula is C17H17F3N4. The molecule has 24 heavy (non-hydrogen) atoms. The lowest BCUT2D eigenvalue weighted by molar-refractivity contribution is -0.141. The van der Waals surface area contributed by atoms with Gasteiger partial charge in [0.25, 0.3) is 0 Å². The lowest BCUT2D eigenvalue weighted by Gasteiger charge is -2.32. The van der Waals surface area contributed by atoms with Crippen molar-refractivity contribution in [3.8, 4) is 6.07 Å². The quantitative estimate of drug-likeness (QED) is 0.931. The summed E-state index contributed by atoms with van der Waals surface area (Å²) in [5.74, 6) is 0.338. The minimum Gasteiger partial charge on any atom is -0.338 e. The molecule has 0 spiro atoms. The van der Waals surface area contributed by atoms with Gasteiger partial charge in [-0.15, -0.1) is 0 Å². The molecule has 1 N–H and O–H groups in total. The minimum absolute atomic E-state index is 0.0518. The molecule has 2 heterocycles. The van der Waals surface area contributed by atoms with Crippen LogP contribution in [0.1, 0.15) is 41.4 Å². The Labute approximate surface area is 137 Å². The number of rotatable bonds is 3. The predicted octanol–water partition coefficient (Wildman–Crippen LogP) is 3.68. The fourth-order valence-electron chi connectivity index (χ4n) is 3.12. The van der Waals surface area contributed by atoms with Crippen molar-refractivity contribution in [2.75, 3.05) is 13.1 Å². The number of H-pyrrole nitrogens is 1. The van der Waals surface area contributed by atoms with Crippen molar-refractivity contribution >= 4 is 0 Å². The monoisotopic (exact) mass is 334 g/mol. The van der Waals surface area contributed by atoms with Crippen LogP contribution in [0, 0.1) is 11.3 Å². The maximum atomic E-state index is 12.7. The Balaban J connectivity index is 1.71. The fraction of sp³-hybridized carbons (Fsp3) is 0.412. The number of halogens is 3. The van der Waals surface area contributed by atoms with Gasteiger partial charge < -0.3 is 4.98 Å². The number of likely N-dealkylation sites (tertiary alicyclic amines) is 1. The van der Waals surface area contributed by atoms with E-state index in [4.69, 9.17) is 5.26 Å². The summed E-state index contributed by atoms with van der Waals surface area (Å²) in [7, 11) is 0. The Kier molecular flexibility index (Phi) is 4.58. The van der Waals surface area contributed by atoms with Crippen LogP contribution in [0.4, 0.5) is 13.2 Å². The standard InChI is InChI=1S/C17H17F3N4/c18-17(19,20)15-9-22-16(23-15)14-6-3-7-24(11-14)10-13-5-2-1-4-12(13)8-21/h1-2,4-5,9,14H,3,6-7,10-11H2,(H,22,23)/t14-/m1/s1. The van der Waals surface area contributed by atoms with Gasteiger partial charge in [-0.05, 0) is 31.0 Å². The number of alkyl halides is 3. The highest BCUT2D eigenvalue weighted by Crippen LogP contribution is 2.31. The maximum absolute atomic E-state index is 12.7. The second-order valence-electron chi connectivity index (χ2n) is 6.02. The molecular weight excluding hydrogens is 317 g/mol. The summed E-state index contributed by atoms with van der Waals surface area (Å²) in [6, 6.07) is 9.58. The van der Waals surface area contributed by atoms with E-state index in [2.05, 4.69) is 20.9 Å². The van der Waals surface area contributed by atoms with Gasteiger partial charge in [0.15, 0.2) is 0 Å². The van der Waals surface area contributed by atoms with E-state index in [0.717, 1.165) is 31.1 Å². The van der Waals surface area contributed by atoms with Gasteiger partial charge in [-0.25, -0.2) is 4.98 Å². The number of piperidine rings is 1. The van der Waals surface area contributed by atoms with Gasteiger partial charge in [-0.1, -0.05) is 18.2 Å². The average molecular weight is 334 g/mol. The maximum Gasteiger partial charge on any atom is 0.432 e. The highest BCUT2D eigenvalue weighted by atomic mass is 19.4. The molecule has 1 saturated heterocycles. The minimum atomic E-state index is -4.40. The average Bonchev–Trinajstić information content (AvgIpc) is 3.06. The summed E-state index contributed by atoms with van der Waals surface area (Å²) in [6.45, 7) is 2.11. The third-order valence-electron chi connectivity index (χ3n) is 4.32. The zero-order valence-electron chi connectivity index (χ0n) is 13.0. The number of hydrogen-bond donors (Lipinski definition) is 1. The zero-order valence-corrected chi connectivity index (χ0v) is 13.0. The van der Waals surface area contributed by atoms with Gasteiger partial charge in [-0.2, -0.15) is 18.4 Å². The fourth-order valence-corrected chi connectivity index (χ4v) is 3.12. The number of benzene rings is 1. The van der Waals surface area contributed by atoms with Crippen molar-refractivity contribution in [2.24, 2.45) is 0 Å². The molecule has 1 fully saturated rings. The largest absolute Gasteiger partial charge is 0.432 e. The molecule has 7 heteroatoms. The Morgan fingerprint density at radius 3 is 2.83 bits per heavy atom. The van der Waals surface area contributed by atoms with Crippen LogP contribution >= 0.6 is 0 Å². The topological polar surface area (TPSA) is 55.7 Å². The van der Waals surface area contributed by atoms with Crippen molar-refractivity contribution < 1.29 is 13.2 Å². The molecule has 0 radical (unpaired) electrons. The normalized spacial score (nSPS) is 19.2. The molecule has 4 nitrogen and oxygen atoms in total. The second kappa shape index (κ2) is 6.65. The molecule has 1 aliphatic rings. The molecule has 0 saturated carbocycles. The van der Waals surface area contributed by atoms with Crippen LogP contribution in [-0.2, 0) is 12.7 Å². The molecule has 1 aliphatic heterocycles. The van der Waals surface area contributed by atoms with E-state index in [-0.39, 0.29) is 5.92 Å². The molecule has 2 aromatic rings. The predicted molar refractivity (Wildman–Crippen MR) is 82.0 cm³/mol. The number of aromatic nitrogens is 2. The SMILES string of the molecule is N#Cc1ccccc1CN1CCC[C@@H](c2ncc(C(F)(F)F)[nH]2)C1. The first-order valence-corrected chi connectivity index (χ1v) is 7.80. The van der Waals surface area contributed by atoms with Gasteiger partial charge in [0.2, 0.25) is 0 Å². The number of nitrogens with zero attached hydrogens (tertiary/aromatic N) is 3. The summed E-state index contributed by atoms with van der Waals surface area (Å²) >= 11 is 0. The Hall–Kier alpha value is -2.33. The number of imidazole rings is 1. The second-order valence-corrected chi connectivity index (χ2v) is 6.02. The van der Waals surface area contributed by atoms with Gasteiger partial charge >= 0.3 is 6.18 Å². The number of nitrogens with one attached hydrogen (secondary N) is 1. The number of hydrogen-bond acceptors (Lipinski definition) is 3. The lowest BCUT2D eigenvalue weighted by atomic mass is 9.96. The molecule has 0 unspecified atom stereocenters. The van der Waals surface area contributed by atoms with Gasteiger partial charge in [0.05, 0.1) is 17.8 Å². The smallest absolute Gasteiger partial charge is 0.338 e. The number of aromatic amines is 1. The van der Waals surface area contributed by atoms with Crippen LogP contribution in [0.15, 0.2) is 30.5 Å². The Bertz CT molecular complexity index is 745. The van der Waals surface area contributed by atoms with Gasteiger partial charge in [0.1, 0.15) is 11.5 Å².